The number of hydrazone groups is 1. The average molecular weight is 334 g/mol. The van der Waals surface area contributed by atoms with E-state index in [4.69, 9.17) is 9.47 Å². The number of nitrogens with zero attached hydrogens (tertiary/aromatic N) is 2. The standard InChI is InChI=1S/C18H26N2O4/c1-13(2)12-24-17-10-14(7-8-16(17)23-3)11-19-20-9-5-4-6-15(20)18(21)22/h7-8,10-11,13,15H,4-6,9,12H2,1-3H3,(H,21,22)/b19-11+. The first-order chi connectivity index (χ1) is 11.5. The smallest absolute Gasteiger partial charge is 0.328 e. The Kier molecular flexibility index (Phi) is 6.46. The molecule has 1 heterocycles. The molecule has 0 amide bonds. The van der Waals surface area contributed by atoms with E-state index in [9.17, 15) is 9.90 Å². The van der Waals surface area contributed by atoms with Gasteiger partial charge in [0.1, 0.15) is 6.04 Å². The molecule has 132 valence electrons. The van der Waals surface area contributed by atoms with Crippen LogP contribution >= 0.6 is 0 Å². The number of carboxylic acid groups (broad SMARTS) is 1. The second kappa shape index (κ2) is 8.57. The lowest BCUT2D eigenvalue weighted by atomic mass is 10.0. The number of rotatable bonds is 7. The molecule has 1 saturated heterocycles. The third-order valence-corrected chi connectivity index (χ3v) is 3.87. The number of benzene rings is 1. The maximum Gasteiger partial charge on any atom is 0.328 e. The summed E-state index contributed by atoms with van der Waals surface area (Å²) in [6, 6.07) is 5.04. The second-order valence-corrected chi connectivity index (χ2v) is 6.37. The van der Waals surface area contributed by atoms with Crippen molar-refractivity contribution in [2.75, 3.05) is 20.3 Å². The van der Waals surface area contributed by atoms with Crippen LogP contribution in [0.15, 0.2) is 23.3 Å². The minimum Gasteiger partial charge on any atom is -0.493 e. The lowest BCUT2D eigenvalue weighted by molar-refractivity contribution is -0.144. The van der Waals surface area contributed by atoms with Gasteiger partial charge >= 0.3 is 5.97 Å². The van der Waals surface area contributed by atoms with E-state index in [0.717, 1.165) is 18.4 Å². The van der Waals surface area contributed by atoms with Crippen molar-refractivity contribution in [3.8, 4) is 11.5 Å². The van der Waals surface area contributed by atoms with Crippen molar-refractivity contribution in [1.82, 2.24) is 5.01 Å². The number of ether oxygens (including phenoxy) is 2. The van der Waals surface area contributed by atoms with E-state index in [1.807, 2.05) is 18.2 Å². The summed E-state index contributed by atoms with van der Waals surface area (Å²) in [5, 5.41) is 15.3. The number of methoxy groups -OCH3 is 1. The highest BCUT2D eigenvalue weighted by Crippen LogP contribution is 2.28. The predicted octanol–water partition coefficient (Wildman–Crippen LogP) is 3.00. The van der Waals surface area contributed by atoms with Gasteiger partial charge in [-0.15, -0.1) is 0 Å². The third-order valence-electron chi connectivity index (χ3n) is 3.87. The number of piperidine rings is 1. The van der Waals surface area contributed by atoms with Crippen molar-refractivity contribution in [3.63, 3.8) is 0 Å². The van der Waals surface area contributed by atoms with Crippen LogP contribution in [-0.4, -0.2) is 48.6 Å². The molecule has 6 heteroatoms. The zero-order valence-corrected chi connectivity index (χ0v) is 14.6. The molecule has 0 saturated carbocycles. The molecule has 1 unspecified atom stereocenters. The fourth-order valence-electron chi connectivity index (χ4n) is 2.59. The first kappa shape index (κ1) is 18.1. The van der Waals surface area contributed by atoms with E-state index in [1.165, 1.54) is 0 Å². The molecule has 0 bridgehead atoms. The molecule has 1 N–H and O–H groups in total. The van der Waals surface area contributed by atoms with Crippen LogP contribution in [0.2, 0.25) is 0 Å². The van der Waals surface area contributed by atoms with Gasteiger partial charge < -0.3 is 14.6 Å². The monoisotopic (exact) mass is 334 g/mol. The first-order valence-electron chi connectivity index (χ1n) is 8.35. The normalized spacial score (nSPS) is 18.2. The molecule has 0 aliphatic carbocycles. The number of aliphatic carboxylic acids is 1. The van der Waals surface area contributed by atoms with Crippen LogP contribution < -0.4 is 9.47 Å². The number of hydrogen-bond donors (Lipinski definition) is 1. The van der Waals surface area contributed by atoms with Gasteiger partial charge in [0.2, 0.25) is 0 Å². The third kappa shape index (κ3) is 4.88. The number of carbonyl (C=O) groups is 1. The van der Waals surface area contributed by atoms with Gasteiger partial charge in [-0.1, -0.05) is 13.8 Å². The van der Waals surface area contributed by atoms with E-state index in [0.29, 0.717) is 37.0 Å². The summed E-state index contributed by atoms with van der Waals surface area (Å²) >= 11 is 0. The lowest BCUT2D eigenvalue weighted by Crippen LogP contribution is -2.41. The molecule has 2 rings (SSSR count). The van der Waals surface area contributed by atoms with E-state index >= 15 is 0 Å². The highest BCUT2D eigenvalue weighted by atomic mass is 16.5. The summed E-state index contributed by atoms with van der Waals surface area (Å²) < 4.78 is 11.1. The Hall–Kier alpha value is -2.24. The van der Waals surface area contributed by atoms with Crippen molar-refractivity contribution in [3.05, 3.63) is 23.8 Å². The number of carboxylic acids is 1. The molecule has 1 fully saturated rings. The van der Waals surface area contributed by atoms with Gasteiger partial charge in [0.25, 0.3) is 0 Å². The average Bonchev–Trinajstić information content (AvgIpc) is 2.58. The second-order valence-electron chi connectivity index (χ2n) is 6.37. The van der Waals surface area contributed by atoms with Crippen LogP contribution in [0, 0.1) is 5.92 Å². The molecule has 0 radical (unpaired) electrons. The lowest BCUT2D eigenvalue weighted by Gasteiger charge is -2.30. The topological polar surface area (TPSA) is 71.4 Å². The summed E-state index contributed by atoms with van der Waals surface area (Å²) in [7, 11) is 1.61. The van der Waals surface area contributed by atoms with E-state index in [-0.39, 0.29) is 0 Å². The Morgan fingerprint density at radius 2 is 2.21 bits per heavy atom. The number of hydrogen-bond acceptors (Lipinski definition) is 5. The summed E-state index contributed by atoms with van der Waals surface area (Å²) in [5.74, 6) is 0.942. The van der Waals surface area contributed by atoms with Crippen LogP contribution in [0.5, 0.6) is 11.5 Å². The Balaban J connectivity index is 2.13. The molecular formula is C18H26N2O4. The predicted molar refractivity (Wildman–Crippen MR) is 92.9 cm³/mol. The molecule has 1 aliphatic heterocycles. The van der Waals surface area contributed by atoms with Crippen LogP contribution in [0.1, 0.15) is 38.7 Å². The van der Waals surface area contributed by atoms with Crippen molar-refractivity contribution in [2.24, 2.45) is 11.0 Å². The molecule has 1 aromatic rings. The summed E-state index contributed by atoms with van der Waals surface area (Å²) in [6.07, 6.45) is 4.21. The Morgan fingerprint density at radius 1 is 1.42 bits per heavy atom. The van der Waals surface area contributed by atoms with Gasteiger partial charge in [0.05, 0.1) is 19.9 Å². The minimum absolute atomic E-state index is 0.414. The highest BCUT2D eigenvalue weighted by Gasteiger charge is 2.27. The van der Waals surface area contributed by atoms with Crippen molar-refractivity contribution in [2.45, 2.75) is 39.2 Å². The quantitative estimate of drug-likeness (QED) is 0.776. The van der Waals surface area contributed by atoms with Gasteiger partial charge in [0.15, 0.2) is 11.5 Å². The Morgan fingerprint density at radius 3 is 2.88 bits per heavy atom. The van der Waals surface area contributed by atoms with Crippen LogP contribution in [0.3, 0.4) is 0 Å². The fourth-order valence-corrected chi connectivity index (χ4v) is 2.59. The summed E-state index contributed by atoms with van der Waals surface area (Å²) in [5.41, 5.74) is 0.851. The molecule has 0 spiro atoms. The molecule has 24 heavy (non-hydrogen) atoms. The molecule has 1 atom stereocenters. The van der Waals surface area contributed by atoms with Crippen LogP contribution in [0.25, 0.3) is 0 Å². The maximum atomic E-state index is 11.3. The van der Waals surface area contributed by atoms with Crippen molar-refractivity contribution < 1.29 is 19.4 Å². The van der Waals surface area contributed by atoms with E-state index in [2.05, 4.69) is 18.9 Å². The summed E-state index contributed by atoms with van der Waals surface area (Å²) in [4.78, 5) is 11.3. The van der Waals surface area contributed by atoms with Gasteiger partial charge in [-0.2, -0.15) is 5.10 Å². The van der Waals surface area contributed by atoms with Gasteiger partial charge in [0, 0.05) is 6.54 Å². The first-order valence-corrected chi connectivity index (χ1v) is 8.35. The molecule has 0 aromatic heterocycles. The largest absolute Gasteiger partial charge is 0.493 e. The van der Waals surface area contributed by atoms with Gasteiger partial charge in [-0.25, -0.2) is 4.79 Å². The molecule has 1 aromatic carbocycles. The highest BCUT2D eigenvalue weighted by molar-refractivity contribution is 5.81. The summed E-state index contributed by atoms with van der Waals surface area (Å²) in [6.45, 7) is 5.44. The minimum atomic E-state index is -0.817. The maximum absolute atomic E-state index is 11.3. The molecular weight excluding hydrogens is 308 g/mol. The van der Waals surface area contributed by atoms with Gasteiger partial charge in [-0.3, -0.25) is 5.01 Å². The molecule has 6 nitrogen and oxygen atoms in total. The van der Waals surface area contributed by atoms with Gasteiger partial charge in [-0.05, 0) is 48.9 Å². The van der Waals surface area contributed by atoms with Crippen LogP contribution in [-0.2, 0) is 4.79 Å². The van der Waals surface area contributed by atoms with E-state index < -0.39 is 12.0 Å². The van der Waals surface area contributed by atoms with Crippen LogP contribution in [0.4, 0.5) is 0 Å². The fraction of sp³-hybridized carbons (Fsp3) is 0.556. The Bertz CT molecular complexity index is 586. The van der Waals surface area contributed by atoms with E-state index in [1.54, 1.807) is 18.3 Å². The van der Waals surface area contributed by atoms with Crippen molar-refractivity contribution >= 4 is 12.2 Å². The zero-order chi connectivity index (χ0) is 17.5. The van der Waals surface area contributed by atoms with Crippen molar-refractivity contribution in [1.29, 1.82) is 0 Å². The Labute approximate surface area is 143 Å². The SMILES string of the molecule is COc1ccc(/C=N/N2CCCCC2C(=O)O)cc1OCC(C)C. The molecule has 1 aliphatic rings. The zero-order valence-electron chi connectivity index (χ0n) is 14.6.